The van der Waals surface area contributed by atoms with Gasteiger partial charge >= 0.3 is 5.97 Å². The molecule has 0 saturated heterocycles. The van der Waals surface area contributed by atoms with Gasteiger partial charge < -0.3 is 10.1 Å². The molecule has 0 radical (unpaired) electrons. The summed E-state index contributed by atoms with van der Waals surface area (Å²) in [7, 11) is 0. The Morgan fingerprint density at radius 2 is 1.81 bits per heavy atom. The number of esters is 1. The van der Waals surface area contributed by atoms with Crippen molar-refractivity contribution in [3.63, 3.8) is 0 Å². The van der Waals surface area contributed by atoms with E-state index in [2.05, 4.69) is 17.5 Å². The predicted octanol–water partition coefficient (Wildman–Crippen LogP) is 4.00. The second-order valence-electron chi connectivity index (χ2n) is 10.1. The lowest BCUT2D eigenvalue weighted by atomic mass is 9.78. The van der Waals surface area contributed by atoms with Crippen LogP contribution in [-0.2, 0) is 14.3 Å². The fraction of sp³-hybridized carbons (Fsp3) is 0.818. The van der Waals surface area contributed by atoms with Crippen molar-refractivity contribution in [3.8, 4) is 0 Å². The zero-order valence-corrected chi connectivity index (χ0v) is 16.4. The summed E-state index contributed by atoms with van der Waals surface area (Å²) in [5, 5.41) is 3.31. The van der Waals surface area contributed by atoms with Crippen molar-refractivity contribution in [2.75, 3.05) is 0 Å². The van der Waals surface area contributed by atoms with Crippen LogP contribution >= 0.6 is 0 Å². The molecule has 1 N–H and O–H groups in total. The van der Waals surface area contributed by atoms with Crippen molar-refractivity contribution < 1.29 is 14.3 Å². The molecule has 1 spiro atoms. The van der Waals surface area contributed by atoms with Gasteiger partial charge in [0.2, 0.25) is 5.91 Å². The van der Waals surface area contributed by atoms with E-state index in [1.165, 1.54) is 0 Å². The molecule has 4 nitrogen and oxygen atoms in total. The van der Waals surface area contributed by atoms with Crippen LogP contribution in [-0.4, -0.2) is 24.0 Å². The minimum atomic E-state index is -0.385. The highest BCUT2D eigenvalue weighted by molar-refractivity contribution is 5.81. The first-order chi connectivity index (χ1) is 12.3. The van der Waals surface area contributed by atoms with Gasteiger partial charge in [-0.1, -0.05) is 39.3 Å². The molecular weight excluding hydrogens is 326 g/mol. The number of amides is 1. The number of ether oxygens (including phenoxy) is 1. The van der Waals surface area contributed by atoms with E-state index in [1.54, 1.807) is 0 Å². The molecule has 4 rings (SSSR count). The highest BCUT2D eigenvalue weighted by Crippen LogP contribution is 2.53. The monoisotopic (exact) mass is 359 g/mol. The van der Waals surface area contributed by atoms with Crippen LogP contribution < -0.4 is 5.32 Å². The van der Waals surface area contributed by atoms with Crippen molar-refractivity contribution in [1.29, 1.82) is 0 Å². The third-order valence-electron chi connectivity index (χ3n) is 7.41. The van der Waals surface area contributed by atoms with Crippen LogP contribution in [0.4, 0.5) is 0 Å². The van der Waals surface area contributed by atoms with Gasteiger partial charge in [-0.25, -0.2) is 0 Å². The van der Waals surface area contributed by atoms with Crippen LogP contribution in [0.2, 0.25) is 0 Å². The fourth-order valence-corrected chi connectivity index (χ4v) is 5.89. The highest BCUT2D eigenvalue weighted by Gasteiger charge is 2.54. The molecule has 4 aliphatic carbocycles. The number of hydrogen-bond donors (Lipinski definition) is 1. The summed E-state index contributed by atoms with van der Waals surface area (Å²) in [6.07, 6.45) is 12.8. The maximum Gasteiger partial charge on any atom is 0.309 e. The molecule has 144 valence electrons. The van der Waals surface area contributed by atoms with Gasteiger partial charge in [0, 0.05) is 16.9 Å². The molecule has 0 aromatic rings. The molecule has 0 aromatic carbocycles. The Labute approximate surface area is 157 Å². The largest absolute Gasteiger partial charge is 0.461 e. The topological polar surface area (TPSA) is 55.4 Å². The molecule has 3 saturated carbocycles. The molecule has 0 aromatic heterocycles. The lowest BCUT2D eigenvalue weighted by Crippen LogP contribution is -2.52. The summed E-state index contributed by atoms with van der Waals surface area (Å²) in [5.74, 6) is 1.16. The van der Waals surface area contributed by atoms with Crippen molar-refractivity contribution in [2.45, 2.75) is 84.3 Å². The van der Waals surface area contributed by atoms with E-state index >= 15 is 0 Å². The predicted molar refractivity (Wildman–Crippen MR) is 100 cm³/mol. The standard InChI is InChI=1S/C22H33NO3/c1-21(2,3)20(25)23-17-6-4-10-22(17)11-5-7-18(22)26-19(24)16-13-14-8-9-15(16)12-14/h8-9,14-18H,4-7,10-13H2,1-3H3,(H,23,25)/t14-,15+,16-,17-,18-,22-/m1/s1. The Bertz CT molecular complexity index is 615. The third kappa shape index (κ3) is 2.99. The number of nitrogens with one attached hydrogen (secondary N) is 1. The molecule has 0 aliphatic heterocycles. The van der Waals surface area contributed by atoms with Crippen molar-refractivity contribution in [1.82, 2.24) is 5.32 Å². The highest BCUT2D eigenvalue weighted by atomic mass is 16.5. The maximum atomic E-state index is 12.9. The molecule has 4 aliphatic rings. The van der Waals surface area contributed by atoms with Crippen LogP contribution in [0, 0.1) is 28.6 Å². The molecule has 3 fully saturated rings. The smallest absolute Gasteiger partial charge is 0.309 e. The van der Waals surface area contributed by atoms with Crippen LogP contribution in [0.25, 0.3) is 0 Å². The van der Waals surface area contributed by atoms with E-state index in [-0.39, 0.29) is 40.8 Å². The van der Waals surface area contributed by atoms with Gasteiger partial charge in [0.15, 0.2) is 0 Å². The average molecular weight is 360 g/mol. The fourth-order valence-electron chi connectivity index (χ4n) is 5.89. The molecular formula is C22H33NO3. The molecule has 6 atom stereocenters. The van der Waals surface area contributed by atoms with E-state index in [0.29, 0.717) is 11.8 Å². The summed E-state index contributed by atoms with van der Waals surface area (Å²) in [4.78, 5) is 25.4. The molecule has 1 amide bonds. The Kier molecular flexibility index (Phi) is 4.44. The van der Waals surface area contributed by atoms with Crippen molar-refractivity contribution >= 4 is 11.9 Å². The zero-order valence-electron chi connectivity index (χ0n) is 16.4. The Hall–Kier alpha value is -1.32. The lowest BCUT2D eigenvalue weighted by Gasteiger charge is -2.38. The van der Waals surface area contributed by atoms with E-state index in [1.807, 2.05) is 20.8 Å². The number of fused-ring (bicyclic) bond motifs is 2. The van der Waals surface area contributed by atoms with Crippen LogP contribution in [0.1, 0.15) is 72.1 Å². The Morgan fingerprint density at radius 3 is 2.42 bits per heavy atom. The first-order valence-electron chi connectivity index (χ1n) is 10.5. The van der Waals surface area contributed by atoms with Gasteiger partial charge in [0.25, 0.3) is 0 Å². The minimum absolute atomic E-state index is 0.0147. The van der Waals surface area contributed by atoms with E-state index in [9.17, 15) is 9.59 Å². The van der Waals surface area contributed by atoms with E-state index in [0.717, 1.165) is 51.4 Å². The third-order valence-corrected chi connectivity index (χ3v) is 7.41. The van der Waals surface area contributed by atoms with Crippen molar-refractivity contribution in [3.05, 3.63) is 12.2 Å². The van der Waals surface area contributed by atoms with Gasteiger partial charge in [-0.05, 0) is 56.8 Å². The molecule has 0 unspecified atom stereocenters. The Balaban J connectivity index is 1.45. The normalized spacial score (nSPS) is 41.1. The average Bonchev–Trinajstić information content (AvgIpc) is 3.34. The number of carbonyl (C=O) groups excluding carboxylic acids is 2. The first kappa shape index (κ1) is 18.1. The molecule has 2 bridgehead atoms. The van der Waals surface area contributed by atoms with Gasteiger partial charge in [-0.3, -0.25) is 9.59 Å². The molecule has 26 heavy (non-hydrogen) atoms. The van der Waals surface area contributed by atoms with Gasteiger partial charge in [0.1, 0.15) is 6.10 Å². The summed E-state index contributed by atoms with van der Waals surface area (Å²) in [6.45, 7) is 5.87. The summed E-state index contributed by atoms with van der Waals surface area (Å²) >= 11 is 0. The minimum Gasteiger partial charge on any atom is -0.461 e. The number of allylic oxidation sites excluding steroid dienone is 2. The SMILES string of the molecule is CC(C)(C)C(=O)N[C@@H]1CCC[C@@]12CCC[C@H]2OC(=O)[C@@H]1C[C@@H]2C=C[C@H]1C2. The summed E-state index contributed by atoms with van der Waals surface area (Å²) < 4.78 is 6.16. The second kappa shape index (κ2) is 6.38. The van der Waals surface area contributed by atoms with Crippen LogP contribution in [0.5, 0.6) is 0 Å². The zero-order chi connectivity index (χ0) is 18.5. The van der Waals surface area contributed by atoms with Gasteiger partial charge in [-0.15, -0.1) is 0 Å². The van der Waals surface area contributed by atoms with E-state index in [4.69, 9.17) is 4.74 Å². The van der Waals surface area contributed by atoms with Crippen LogP contribution in [0.15, 0.2) is 12.2 Å². The number of rotatable bonds is 3. The van der Waals surface area contributed by atoms with E-state index < -0.39 is 0 Å². The van der Waals surface area contributed by atoms with Gasteiger partial charge in [-0.2, -0.15) is 0 Å². The van der Waals surface area contributed by atoms with Crippen molar-refractivity contribution in [2.24, 2.45) is 28.6 Å². The molecule has 0 heterocycles. The van der Waals surface area contributed by atoms with Crippen LogP contribution in [0.3, 0.4) is 0 Å². The number of hydrogen-bond acceptors (Lipinski definition) is 3. The maximum absolute atomic E-state index is 12.9. The van der Waals surface area contributed by atoms with Gasteiger partial charge in [0.05, 0.1) is 5.92 Å². The summed E-state index contributed by atoms with van der Waals surface area (Å²) in [6, 6.07) is 0.148. The molecule has 4 heteroatoms. The summed E-state index contributed by atoms with van der Waals surface area (Å²) in [5.41, 5.74) is -0.423. The number of carbonyl (C=O) groups is 2. The quantitative estimate of drug-likeness (QED) is 0.612. The second-order valence-corrected chi connectivity index (χ2v) is 10.1. The lowest BCUT2D eigenvalue weighted by molar-refractivity contribution is -0.161. The Morgan fingerprint density at radius 1 is 1.08 bits per heavy atom. The first-order valence-corrected chi connectivity index (χ1v) is 10.5.